The molecule has 0 radical (unpaired) electrons. The van der Waals surface area contributed by atoms with E-state index in [0.29, 0.717) is 37.8 Å². The minimum absolute atomic E-state index is 0.0289. The van der Waals surface area contributed by atoms with Crippen molar-refractivity contribution < 1.29 is 14.4 Å². The molecule has 0 atom stereocenters. The molecule has 0 aromatic heterocycles. The van der Waals surface area contributed by atoms with Gasteiger partial charge in [-0.1, -0.05) is 19.3 Å². The van der Waals surface area contributed by atoms with Crippen molar-refractivity contribution in [3.63, 3.8) is 0 Å². The molecule has 2 aliphatic heterocycles. The Hall–Kier alpha value is -2.41. The SMILES string of the molecule is CC(=O)N1CCCCCCCN(C(C)C)Cc2cc(C(=O)N3CCNC(=O)C3)ccc21. The first-order valence-electron chi connectivity index (χ1n) is 11.6. The lowest BCUT2D eigenvalue weighted by molar-refractivity contribution is -0.123. The Balaban J connectivity index is 1.96. The average molecular weight is 429 g/mol. The van der Waals surface area contributed by atoms with Crippen LogP contribution >= 0.6 is 0 Å². The summed E-state index contributed by atoms with van der Waals surface area (Å²) in [5.41, 5.74) is 2.47. The molecule has 1 N–H and O–H groups in total. The highest BCUT2D eigenvalue weighted by atomic mass is 16.2. The molecule has 1 saturated heterocycles. The lowest BCUT2D eigenvalue weighted by atomic mass is 10.0. The van der Waals surface area contributed by atoms with Gasteiger partial charge < -0.3 is 15.1 Å². The number of piperazine rings is 1. The number of hydrogen-bond acceptors (Lipinski definition) is 4. The van der Waals surface area contributed by atoms with E-state index in [0.717, 1.165) is 37.1 Å². The summed E-state index contributed by atoms with van der Waals surface area (Å²) in [5.74, 6) is -0.227. The summed E-state index contributed by atoms with van der Waals surface area (Å²) < 4.78 is 0. The number of fused-ring (bicyclic) bond motifs is 1. The monoisotopic (exact) mass is 428 g/mol. The number of anilines is 1. The van der Waals surface area contributed by atoms with Crippen LogP contribution in [0.25, 0.3) is 0 Å². The molecule has 1 aromatic carbocycles. The Morgan fingerprint density at radius 3 is 2.35 bits per heavy atom. The van der Waals surface area contributed by atoms with E-state index >= 15 is 0 Å². The van der Waals surface area contributed by atoms with Crippen LogP contribution in [0.1, 0.15) is 68.8 Å². The number of rotatable bonds is 2. The molecule has 0 unspecified atom stereocenters. The second-order valence-corrected chi connectivity index (χ2v) is 8.92. The number of carbonyl (C=O) groups is 3. The molecule has 7 nitrogen and oxygen atoms in total. The molecule has 0 aliphatic carbocycles. The number of benzene rings is 1. The molecule has 1 fully saturated rings. The first kappa shape index (κ1) is 23.3. The Labute approximate surface area is 185 Å². The normalized spacial score (nSPS) is 19.3. The Bertz CT molecular complexity index is 808. The minimum Gasteiger partial charge on any atom is -0.353 e. The maximum atomic E-state index is 13.1. The van der Waals surface area contributed by atoms with Crippen LogP contribution in [0.3, 0.4) is 0 Å². The lowest BCUT2D eigenvalue weighted by Crippen LogP contribution is -2.50. The highest BCUT2D eigenvalue weighted by molar-refractivity contribution is 5.98. The lowest BCUT2D eigenvalue weighted by Gasteiger charge is -2.31. The number of carbonyl (C=O) groups excluding carboxylic acids is 3. The van der Waals surface area contributed by atoms with Crippen molar-refractivity contribution in [1.82, 2.24) is 15.1 Å². The third kappa shape index (κ3) is 6.06. The van der Waals surface area contributed by atoms with E-state index in [-0.39, 0.29) is 24.3 Å². The van der Waals surface area contributed by atoms with E-state index in [1.807, 2.05) is 17.0 Å². The molecule has 7 heteroatoms. The van der Waals surface area contributed by atoms with Crippen molar-refractivity contribution in [2.24, 2.45) is 0 Å². The average Bonchev–Trinajstić information content (AvgIpc) is 2.73. The molecule has 0 spiro atoms. The fraction of sp³-hybridized carbons (Fsp3) is 0.625. The molecular formula is C24H36N4O3. The second-order valence-electron chi connectivity index (χ2n) is 8.92. The molecule has 0 saturated carbocycles. The maximum absolute atomic E-state index is 13.1. The molecule has 2 aliphatic rings. The van der Waals surface area contributed by atoms with Gasteiger partial charge >= 0.3 is 0 Å². The predicted molar refractivity (Wildman–Crippen MR) is 122 cm³/mol. The minimum atomic E-state index is -0.130. The van der Waals surface area contributed by atoms with Gasteiger partial charge in [-0.05, 0) is 57.0 Å². The predicted octanol–water partition coefficient (Wildman–Crippen LogP) is 2.79. The first-order valence-corrected chi connectivity index (χ1v) is 11.6. The summed E-state index contributed by atoms with van der Waals surface area (Å²) in [6, 6.07) is 6.01. The van der Waals surface area contributed by atoms with Gasteiger partial charge in [0.15, 0.2) is 0 Å². The summed E-state index contributed by atoms with van der Waals surface area (Å²) in [5, 5.41) is 2.76. The van der Waals surface area contributed by atoms with Gasteiger partial charge in [-0.25, -0.2) is 0 Å². The fourth-order valence-corrected chi connectivity index (χ4v) is 4.40. The van der Waals surface area contributed by atoms with E-state index in [4.69, 9.17) is 0 Å². The first-order chi connectivity index (χ1) is 14.9. The number of hydrogen-bond donors (Lipinski definition) is 1. The van der Waals surface area contributed by atoms with Crippen molar-refractivity contribution >= 4 is 23.4 Å². The molecular weight excluding hydrogens is 392 g/mol. The molecule has 0 bridgehead atoms. The third-order valence-electron chi connectivity index (χ3n) is 6.25. The van der Waals surface area contributed by atoms with Gasteiger partial charge in [0.1, 0.15) is 0 Å². The van der Waals surface area contributed by atoms with Gasteiger partial charge in [-0.3, -0.25) is 19.3 Å². The number of amides is 3. The van der Waals surface area contributed by atoms with Gasteiger partial charge in [0, 0.05) is 50.4 Å². The quantitative estimate of drug-likeness (QED) is 0.786. The Kier molecular flexibility index (Phi) is 8.07. The Morgan fingerprint density at radius 1 is 0.968 bits per heavy atom. The van der Waals surface area contributed by atoms with Crippen LogP contribution in [0.5, 0.6) is 0 Å². The van der Waals surface area contributed by atoms with Crippen molar-refractivity contribution in [3.05, 3.63) is 29.3 Å². The molecule has 31 heavy (non-hydrogen) atoms. The highest BCUT2D eigenvalue weighted by Crippen LogP contribution is 2.27. The van der Waals surface area contributed by atoms with Crippen LogP contribution in [0.4, 0.5) is 5.69 Å². The van der Waals surface area contributed by atoms with Gasteiger partial charge in [-0.15, -0.1) is 0 Å². The van der Waals surface area contributed by atoms with E-state index < -0.39 is 0 Å². The zero-order valence-corrected chi connectivity index (χ0v) is 19.2. The third-order valence-corrected chi connectivity index (χ3v) is 6.25. The van der Waals surface area contributed by atoms with Gasteiger partial charge in [0.05, 0.1) is 6.54 Å². The van der Waals surface area contributed by atoms with Crippen LogP contribution in [-0.2, 0) is 16.1 Å². The number of nitrogens with one attached hydrogen (secondary N) is 1. The summed E-state index contributed by atoms with van der Waals surface area (Å²) in [4.78, 5) is 43.2. The smallest absolute Gasteiger partial charge is 0.254 e. The topological polar surface area (TPSA) is 73.0 Å². The molecule has 3 amide bonds. The van der Waals surface area contributed by atoms with Crippen molar-refractivity contribution in [2.75, 3.05) is 37.6 Å². The molecule has 170 valence electrons. The zero-order chi connectivity index (χ0) is 22.4. The maximum Gasteiger partial charge on any atom is 0.254 e. The standard InChI is InChI=1S/C24H36N4O3/c1-18(2)26-12-7-5-4-6-8-13-28(19(3)29)22-10-9-20(15-21(22)16-26)24(31)27-14-11-25-23(30)17-27/h9-10,15,18H,4-8,11-14,16-17H2,1-3H3,(H,25,30). The molecule has 2 heterocycles. The van der Waals surface area contributed by atoms with Crippen LogP contribution < -0.4 is 10.2 Å². The number of nitrogens with zero attached hydrogens (tertiary/aromatic N) is 3. The van der Waals surface area contributed by atoms with E-state index in [1.54, 1.807) is 17.9 Å². The van der Waals surface area contributed by atoms with Gasteiger partial charge in [-0.2, -0.15) is 0 Å². The Morgan fingerprint density at radius 2 is 1.68 bits per heavy atom. The van der Waals surface area contributed by atoms with Crippen LogP contribution in [-0.4, -0.2) is 66.3 Å². The van der Waals surface area contributed by atoms with E-state index in [1.165, 1.54) is 12.8 Å². The van der Waals surface area contributed by atoms with E-state index in [9.17, 15) is 14.4 Å². The molecule has 3 rings (SSSR count). The van der Waals surface area contributed by atoms with Gasteiger partial charge in [0.2, 0.25) is 11.8 Å². The fourth-order valence-electron chi connectivity index (χ4n) is 4.40. The summed E-state index contributed by atoms with van der Waals surface area (Å²) in [6.45, 7) is 9.47. The van der Waals surface area contributed by atoms with Crippen LogP contribution in [0, 0.1) is 0 Å². The second kappa shape index (κ2) is 10.8. The van der Waals surface area contributed by atoms with Crippen molar-refractivity contribution in [1.29, 1.82) is 0 Å². The van der Waals surface area contributed by atoms with Crippen molar-refractivity contribution in [2.45, 2.75) is 65.5 Å². The largest absolute Gasteiger partial charge is 0.353 e. The molecule has 1 aromatic rings. The van der Waals surface area contributed by atoms with Crippen LogP contribution in [0.2, 0.25) is 0 Å². The summed E-state index contributed by atoms with van der Waals surface area (Å²) in [7, 11) is 0. The van der Waals surface area contributed by atoms with Gasteiger partial charge in [0.25, 0.3) is 5.91 Å². The summed E-state index contributed by atoms with van der Waals surface area (Å²) >= 11 is 0. The summed E-state index contributed by atoms with van der Waals surface area (Å²) in [6.07, 6.45) is 5.66. The van der Waals surface area contributed by atoms with Crippen molar-refractivity contribution in [3.8, 4) is 0 Å². The highest BCUT2D eigenvalue weighted by Gasteiger charge is 2.25. The van der Waals surface area contributed by atoms with E-state index in [2.05, 4.69) is 24.1 Å². The van der Waals surface area contributed by atoms with Crippen LogP contribution in [0.15, 0.2) is 18.2 Å². The zero-order valence-electron chi connectivity index (χ0n) is 19.2.